The highest BCUT2D eigenvalue weighted by Gasteiger charge is 2.12. The molecule has 0 aromatic heterocycles. The maximum Gasteiger partial charge on any atom is 0.308 e. The number of hydrogen-bond acceptors (Lipinski definition) is 4. The van der Waals surface area contributed by atoms with Gasteiger partial charge in [-0.1, -0.05) is 54.6 Å². The van der Waals surface area contributed by atoms with E-state index in [1.165, 1.54) is 12.5 Å². The molecule has 3 aromatic carbocycles. The van der Waals surface area contributed by atoms with Crippen molar-refractivity contribution in [2.45, 2.75) is 20.3 Å². The van der Waals surface area contributed by atoms with Crippen LogP contribution in [0.2, 0.25) is 0 Å². The molecule has 3 rings (SSSR count). The van der Waals surface area contributed by atoms with Gasteiger partial charge in [0.2, 0.25) is 0 Å². The quantitative estimate of drug-likeness (QED) is 0.183. The monoisotopic (exact) mass is 429 g/mol. The second kappa shape index (κ2) is 11.3. The first-order valence-electron chi connectivity index (χ1n) is 10.9. The van der Waals surface area contributed by atoms with Gasteiger partial charge in [-0.3, -0.25) is 4.79 Å². The first kappa shape index (κ1) is 23.3. The Kier molecular flexibility index (Phi) is 8.23. The van der Waals surface area contributed by atoms with Gasteiger partial charge in [0.25, 0.3) is 0 Å². The molecule has 0 N–H and O–H groups in total. The number of carbonyl (C=O) groups excluding carboxylic acids is 1. The highest BCUT2D eigenvalue weighted by Crippen LogP contribution is 2.33. The summed E-state index contributed by atoms with van der Waals surface area (Å²) in [6.07, 6.45) is 0.988. The standard InChI is InChI=1S/C28H31NO3/c1-21(23-9-6-5-7-10-23)28(25-13-17-27(18-14-25)32-22(2)30)24-11-15-26(16-12-24)31-20-8-19-29(3)4/h5-7,9-18H,8,19-20H2,1-4H3/b28-21+. The summed E-state index contributed by atoms with van der Waals surface area (Å²) in [7, 11) is 4.13. The van der Waals surface area contributed by atoms with Gasteiger partial charge in [0.1, 0.15) is 11.5 Å². The minimum Gasteiger partial charge on any atom is -0.494 e. The van der Waals surface area contributed by atoms with Gasteiger partial charge in [-0.15, -0.1) is 0 Å². The fraction of sp³-hybridized carbons (Fsp3) is 0.250. The molecule has 3 aromatic rings. The third kappa shape index (κ3) is 6.56. The lowest BCUT2D eigenvalue weighted by Gasteiger charge is -2.16. The Balaban J connectivity index is 1.91. The highest BCUT2D eigenvalue weighted by atomic mass is 16.5. The first-order chi connectivity index (χ1) is 15.4. The number of hydrogen-bond donors (Lipinski definition) is 0. The van der Waals surface area contributed by atoms with Crippen molar-refractivity contribution in [3.8, 4) is 11.5 Å². The molecule has 4 heteroatoms. The van der Waals surface area contributed by atoms with Crippen LogP contribution in [-0.4, -0.2) is 38.1 Å². The topological polar surface area (TPSA) is 38.8 Å². The largest absolute Gasteiger partial charge is 0.494 e. The predicted molar refractivity (Wildman–Crippen MR) is 131 cm³/mol. The molecule has 4 nitrogen and oxygen atoms in total. The third-order valence-corrected chi connectivity index (χ3v) is 5.15. The number of allylic oxidation sites excluding steroid dienone is 1. The number of nitrogens with zero attached hydrogens (tertiary/aromatic N) is 1. The third-order valence-electron chi connectivity index (χ3n) is 5.15. The van der Waals surface area contributed by atoms with Crippen LogP contribution in [0.15, 0.2) is 78.9 Å². The van der Waals surface area contributed by atoms with Crippen molar-refractivity contribution in [1.82, 2.24) is 4.90 Å². The molecule has 0 saturated carbocycles. The minimum atomic E-state index is -0.324. The Hall–Kier alpha value is -3.37. The van der Waals surface area contributed by atoms with Crippen molar-refractivity contribution < 1.29 is 14.3 Å². The van der Waals surface area contributed by atoms with E-state index < -0.39 is 0 Å². The van der Waals surface area contributed by atoms with E-state index in [9.17, 15) is 4.79 Å². The van der Waals surface area contributed by atoms with Crippen LogP contribution in [0.1, 0.15) is 37.0 Å². The van der Waals surface area contributed by atoms with E-state index in [-0.39, 0.29) is 5.97 Å². The van der Waals surface area contributed by atoms with Crippen LogP contribution in [0.25, 0.3) is 11.1 Å². The van der Waals surface area contributed by atoms with E-state index in [2.05, 4.69) is 50.2 Å². The van der Waals surface area contributed by atoms with Gasteiger partial charge in [0.05, 0.1) is 6.61 Å². The van der Waals surface area contributed by atoms with Gasteiger partial charge in [0.15, 0.2) is 0 Å². The molecule has 0 aliphatic carbocycles. The lowest BCUT2D eigenvalue weighted by molar-refractivity contribution is -0.131. The first-order valence-corrected chi connectivity index (χ1v) is 10.9. The summed E-state index contributed by atoms with van der Waals surface area (Å²) in [6.45, 7) is 5.24. The highest BCUT2D eigenvalue weighted by molar-refractivity contribution is 5.98. The van der Waals surface area contributed by atoms with Crippen molar-refractivity contribution in [3.63, 3.8) is 0 Å². The van der Waals surface area contributed by atoms with Crippen LogP contribution in [0.4, 0.5) is 0 Å². The van der Waals surface area contributed by atoms with E-state index in [4.69, 9.17) is 9.47 Å². The zero-order valence-corrected chi connectivity index (χ0v) is 19.3. The minimum absolute atomic E-state index is 0.324. The Morgan fingerprint density at radius 1 is 0.750 bits per heavy atom. The SMILES string of the molecule is CC(=O)Oc1ccc(/C(=C(\C)c2ccccc2)c2ccc(OCCCN(C)C)cc2)cc1. The summed E-state index contributed by atoms with van der Waals surface area (Å²) in [4.78, 5) is 13.4. The van der Waals surface area contributed by atoms with Crippen LogP contribution in [-0.2, 0) is 4.79 Å². The van der Waals surface area contributed by atoms with Crippen LogP contribution < -0.4 is 9.47 Å². The molecule has 0 aliphatic rings. The molecule has 166 valence electrons. The van der Waals surface area contributed by atoms with Crippen LogP contribution in [0.5, 0.6) is 11.5 Å². The van der Waals surface area contributed by atoms with Crippen molar-refractivity contribution in [1.29, 1.82) is 0 Å². The second-order valence-corrected chi connectivity index (χ2v) is 8.01. The maximum atomic E-state index is 11.3. The number of ether oxygens (including phenoxy) is 2. The molecule has 32 heavy (non-hydrogen) atoms. The van der Waals surface area contributed by atoms with E-state index in [1.807, 2.05) is 54.6 Å². The smallest absolute Gasteiger partial charge is 0.308 e. The van der Waals surface area contributed by atoms with E-state index in [0.717, 1.165) is 41.0 Å². The molecule has 0 atom stereocenters. The zero-order chi connectivity index (χ0) is 22.9. The predicted octanol–water partition coefficient (Wildman–Crippen LogP) is 5.92. The Labute approximate surface area is 191 Å². The maximum absolute atomic E-state index is 11.3. The molecular formula is C28H31NO3. The molecule has 0 spiro atoms. The van der Waals surface area contributed by atoms with Crippen molar-refractivity contribution in [2.75, 3.05) is 27.2 Å². The summed E-state index contributed by atoms with van der Waals surface area (Å²) in [6, 6.07) is 26.2. The average Bonchev–Trinajstić information content (AvgIpc) is 2.79. The summed E-state index contributed by atoms with van der Waals surface area (Å²) < 4.78 is 11.1. The summed E-state index contributed by atoms with van der Waals surface area (Å²) >= 11 is 0. The Morgan fingerprint density at radius 3 is 1.84 bits per heavy atom. The molecule has 0 saturated heterocycles. The summed E-state index contributed by atoms with van der Waals surface area (Å²) in [5.74, 6) is 1.09. The molecule has 0 aliphatic heterocycles. The second-order valence-electron chi connectivity index (χ2n) is 8.01. The average molecular weight is 430 g/mol. The molecule has 0 fully saturated rings. The van der Waals surface area contributed by atoms with Crippen LogP contribution in [0, 0.1) is 0 Å². The molecule has 0 bridgehead atoms. The Bertz CT molecular complexity index is 1040. The Morgan fingerprint density at radius 2 is 1.31 bits per heavy atom. The normalized spacial score (nSPS) is 11.8. The van der Waals surface area contributed by atoms with E-state index in [1.54, 1.807) is 0 Å². The molecule has 0 amide bonds. The lowest BCUT2D eigenvalue weighted by Crippen LogP contribution is -2.15. The summed E-state index contributed by atoms with van der Waals surface area (Å²) in [5.41, 5.74) is 5.62. The van der Waals surface area contributed by atoms with Gasteiger partial charge >= 0.3 is 5.97 Å². The van der Waals surface area contributed by atoms with Crippen molar-refractivity contribution in [2.24, 2.45) is 0 Å². The molecule has 0 heterocycles. The fourth-order valence-electron chi connectivity index (χ4n) is 3.58. The molecular weight excluding hydrogens is 398 g/mol. The number of benzene rings is 3. The van der Waals surface area contributed by atoms with Gasteiger partial charge in [-0.25, -0.2) is 0 Å². The number of esters is 1. The summed E-state index contributed by atoms with van der Waals surface area (Å²) in [5, 5.41) is 0. The van der Waals surface area contributed by atoms with Gasteiger partial charge in [0, 0.05) is 13.5 Å². The van der Waals surface area contributed by atoms with Gasteiger partial charge < -0.3 is 14.4 Å². The molecule has 0 radical (unpaired) electrons. The van der Waals surface area contributed by atoms with Crippen LogP contribution >= 0.6 is 0 Å². The lowest BCUT2D eigenvalue weighted by atomic mass is 9.90. The molecule has 0 unspecified atom stereocenters. The van der Waals surface area contributed by atoms with Crippen molar-refractivity contribution in [3.05, 3.63) is 95.6 Å². The van der Waals surface area contributed by atoms with Gasteiger partial charge in [-0.05, 0) is 79.5 Å². The zero-order valence-electron chi connectivity index (χ0n) is 19.3. The van der Waals surface area contributed by atoms with Crippen molar-refractivity contribution >= 4 is 17.1 Å². The van der Waals surface area contributed by atoms with E-state index >= 15 is 0 Å². The van der Waals surface area contributed by atoms with Crippen LogP contribution in [0.3, 0.4) is 0 Å². The number of carbonyl (C=O) groups is 1. The fourth-order valence-corrected chi connectivity index (χ4v) is 3.58. The van der Waals surface area contributed by atoms with Gasteiger partial charge in [-0.2, -0.15) is 0 Å². The van der Waals surface area contributed by atoms with E-state index in [0.29, 0.717) is 12.4 Å². The number of rotatable bonds is 9.